The molecule has 3 aliphatic carbocycles. The zero-order valence-electron chi connectivity index (χ0n) is 17.3. The third-order valence-electron chi connectivity index (χ3n) is 8.78. The van der Waals surface area contributed by atoms with Crippen LogP contribution in [0.5, 0.6) is 0 Å². The average Bonchev–Trinajstić information content (AvgIpc) is 3.00. The van der Waals surface area contributed by atoms with Gasteiger partial charge in [-0.1, -0.05) is 33.8 Å². The molecule has 152 valence electrons. The number of esters is 1. The van der Waals surface area contributed by atoms with Gasteiger partial charge in [-0.15, -0.1) is 6.58 Å². The smallest absolute Gasteiger partial charge is 0.361 e. The molecule has 3 rings (SSSR count). The Morgan fingerprint density at radius 1 is 1.37 bits per heavy atom. The van der Waals surface area contributed by atoms with Crippen molar-refractivity contribution in [1.82, 2.24) is 0 Å². The predicted octanol–water partition coefficient (Wildman–Crippen LogP) is 2.13. The van der Waals surface area contributed by atoms with Crippen LogP contribution < -0.4 is 5.73 Å². The Labute approximate surface area is 162 Å². The second-order valence-electron chi connectivity index (χ2n) is 9.81. The molecule has 0 amide bonds. The number of carbonyl (C=O) groups is 2. The molecule has 0 saturated heterocycles. The third-order valence-corrected chi connectivity index (χ3v) is 8.78. The first-order chi connectivity index (χ1) is 12.6. The average molecular weight is 379 g/mol. The van der Waals surface area contributed by atoms with Crippen LogP contribution in [0.15, 0.2) is 12.7 Å². The van der Waals surface area contributed by atoms with E-state index in [0.29, 0.717) is 12.8 Å². The molecular formula is C22H36NO4+. The van der Waals surface area contributed by atoms with E-state index in [1.54, 1.807) is 0 Å². The number of ether oxygens (including phenoxy) is 1. The van der Waals surface area contributed by atoms with Gasteiger partial charge in [-0.05, 0) is 42.9 Å². The van der Waals surface area contributed by atoms with Crippen molar-refractivity contribution in [3.63, 3.8) is 0 Å². The minimum atomic E-state index is -0.623. The minimum absolute atomic E-state index is 0.00623. The highest BCUT2D eigenvalue weighted by molar-refractivity contribution is 5.85. The van der Waals surface area contributed by atoms with Crippen LogP contribution in [0.1, 0.15) is 59.8 Å². The van der Waals surface area contributed by atoms with Gasteiger partial charge in [-0.25, -0.2) is 4.79 Å². The highest BCUT2D eigenvalue weighted by Crippen LogP contribution is 2.67. The van der Waals surface area contributed by atoms with Crippen molar-refractivity contribution < 1.29 is 25.2 Å². The topological polar surface area (TPSA) is 91.2 Å². The van der Waals surface area contributed by atoms with Crippen molar-refractivity contribution in [3.8, 4) is 0 Å². The predicted molar refractivity (Wildman–Crippen MR) is 102 cm³/mol. The second kappa shape index (κ2) is 6.70. The first kappa shape index (κ1) is 20.5. The molecule has 2 bridgehead atoms. The fourth-order valence-corrected chi connectivity index (χ4v) is 6.72. The second-order valence-corrected chi connectivity index (χ2v) is 9.81. The van der Waals surface area contributed by atoms with Crippen LogP contribution >= 0.6 is 0 Å². The van der Waals surface area contributed by atoms with E-state index in [-0.39, 0.29) is 41.5 Å². The molecule has 0 aromatic rings. The Balaban J connectivity index is 2.21. The fourth-order valence-electron chi connectivity index (χ4n) is 6.72. The van der Waals surface area contributed by atoms with Gasteiger partial charge in [0.15, 0.2) is 6.54 Å². The van der Waals surface area contributed by atoms with Crippen LogP contribution in [0.2, 0.25) is 0 Å². The van der Waals surface area contributed by atoms with Crippen LogP contribution in [0.25, 0.3) is 0 Å². The number of quaternary nitrogens is 1. The molecule has 5 nitrogen and oxygen atoms in total. The summed E-state index contributed by atoms with van der Waals surface area (Å²) in [6.07, 6.45) is 4.55. The van der Waals surface area contributed by atoms with Crippen molar-refractivity contribution in [2.24, 2.45) is 34.0 Å². The number of hydrogen-bond acceptors (Lipinski definition) is 4. The van der Waals surface area contributed by atoms with Crippen molar-refractivity contribution in [1.29, 1.82) is 0 Å². The summed E-state index contributed by atoms with van der Waals surface area (Å²) in [5.41, 5.74) is 2.43. The molecular weight excluding hydrogens is 342 g/mol. The normalized spacial score (nSPS) is 49.7. The van der Waals surface area contributed by atoms with E-state index < -0.39 is 23.0 Å². The Kier molecular flexibility index (Phi) is 5.09. The lowest BCUT2D eigenvalue weighted by Gasteiger charge is -2.61. The van der Waals surface area contributed by atoms with E-state index >= 15 is 0 Å². The van der Waals surface area contributed by atoms with Gasteiger partial charge in [0.05, 0.1) is 6.10 Å². The Morgan fingerprint density at radius 2 is 2.04 bits per heavy atom. The molecule has 0 aromatic carbocycles. The van der Waals surface area contributed by atoms with Crippen molar-refractivity contribution in [2.45, 2.75) is 72.0 Å². The summed E-state index contributed by atoms with van der Waals surface area (Å²) < 4.78 is 5.96. The molecule has 8 atom stereocenters. The van der Waals surface area contributed by atoms with Crippen LogP contribution in [-0.2, 0) is 14.3 Å². The molecule has 3 fully saturated rings. The van der Waals surface area contributed by atoms with Gasteiger partial charge in [-0.2, -0.15) is 0 Å². The number of carbonyl (C=O) groups excluding carboxylic acids is 2. The number of rotatable bonds is 3. The monoisotopic (exact) mass is 378 g/mol. The molecule has 0 radical (unpaired) electrons. The van der Waals surface area contributed by atoms with Gasteiger partial charge in [0, 0.05) is 23.2 Å². The van der Waals surface area contributed by atoms with E-state index in [9.17, 15) is 14.7 Å². The van der Waals surface area contributed by atoms with Crippen molar-refractivity contribution >= 4 is 11.8 Å². The number of ketones is 1. The van der Waals surface area contributed by atoms with Gasteiger partial charge >= 0.3 is 5.97 Å². The summed E-state index contributed by atoms with van der Waals surface area (Å²) in [7, 11) is 0. The molecule has 0 aliphatic heterocycles. The maximum atomic E-state index is 13.2. The maximum absolute atomic E-state index is 13.2. The zero-order valence-corrected chi connectivity index (χ0v) is 17.3. The van der Waals surface area contributed by atoms with Crippen LogP contribution in [0.4, 0.5) is 0 Å². The van der Waals surface area contributed by atoms with Gasteiger partial charge in [0.2, 0.25) is 0 Å². The highest BCUT2D eigenvalue weighted by Gasteiger charge is 2.68. The summed E-state index contributed by atoms with van der Waals surface area (Å²) in [6, 6.07) is 0. The lowest BCUT2D eigenvalue weighted by atomic mass is 9.44. The quantitative estimate of drug-likeness (QED) is 0.581. The molecule has 3 saturated carbocycles. The number of Topliss-reactive ketones (excluding diaryl/α,β-unsaturated/α-hetero) is 1. The molecule has 0 aromatic heterocycles. The first-order valence-electron chi connectivity index (χ1n) is 10.4. The van der Waals surface area contributed by atoms with E-state index in [4.69, 9.17) is 4.74 Å². The van der Waals surface area contributed by atoms with E-state index in [0.717, 1.165) is 19.3 Å². The Morgan fingerprint density at radius 3 is 2.63 bits per heavy atom. The Hall–Kier alpha value is -1.20. The van der Waals surface area contributed by atoms with Gasteiger partial charge < -0.3 is 15.6 Å². The van der Waals surface area contributed by atoms with Crippen molar-refractivity contribution in [3.05, 3.63) is 12.7 Å². The van der Waals surface area contributed by atoms with Crippen LogP contribution in [0.3, 0.4) is 0 Å². The lowest BCUT2D eigenvalue weighted by Crippen LogP contribution is -2.64. The SMILES string of the molecule is C=C[C@]1(C)C[C@@H](OC(=O)C[NH3+])[C@]2(C)[C@H](C)CC[C@]3(CCC(=O)[C@H]32)[C@@H](C)[C@@H]1O. The summed E-state index contributed by atoms with van der Waals surface area (Å²) in [5, 5.41) is 11.4. The van der Waals surface area contributed by atoms with E-state index in [1.807, 2.05) is 13.0 Å². The highest BCUT2D eigenvalue weighted by atomic mass is 16.5. The zero-order chi connectivity index (χ0) is 20.2. The van der Waals surface area contributed by atoms with Crippen molar-refractivity contribution in [2.75, 3.05) is 6.54 Å². The van der Waals surface area contributed by atoms with Crippen LogP contribution in [-0.4, -0.2) is 35.6 Å². The molecule has 27 heavy (non-hydrogen) atoms. The van der Waals surface area contributed by atoms with E-state index in [1.165, 1.54) is 0 Å². The third kappa shape index (κ3) is 2.72. The van der Waals surface area contributed by atoms with Gasteiger partial charge in [0.1, 0.15) is 11.9 Å². The number of aliphatic hydroxyl groups excluding tert-OH is 1. The Bertz CT molecular complexity index is 648. The van der Waals surface area contributed by atoms with E-state index in [2.05, 4.69) is 33.1 Å². The lowest BCUT2D eigenvalue weighted by molar-refractivity contribution is -0.361. The molecule has 0 unspecified atom stereocenters. The molecule has 5 heteroatoms. The summed E-state index contributed by atoms with van der Waals surface area (Å²) in [6.45, 7) is 12.5. The summed E-state index contributed by atoms with van der Waals surface area (Å²) in [5.74, 6) is 0.0194. The fraction of sp³-hybridized carbons (Fsp3) is 0.818. The largest absolute Gasteiger partial charge is 0.458 e. The molecule has 4 N–H and O–H groups in total. The summed E-state index contributed by atoms with van der Waals surface area (Å²) >= 11 is 0. The number of hydrogen-bond donors (Lipinski definition) is 2. The van der Waals surface area contributed by atoms with Crippen LogP contribution in [0, 0.1) is 34.0 Å². The first-order valence-corrected chi connectivity index (χ1v) is 10.4. The molecule has 3 aliphatic rings. The number of aliphatic hydroxyl groups is 1. The van der Waals surface area contributed by atoms with Gasteiger partial charge in [0.25, 0.3) is 0 Å². The van der Waals surface area contributed by atoms with Gasteiger partial charge in [-0.3, -0.25) is 4.79 Å². The standard InChI is InChI=1S/C22H35NO4/c1-6-20(4)11-16(27-17(25)12-23)21(5)13(2)7-9-22(14(3)19(20)26)10-8-15(24)18(21)22/h6,13-14,16,18-19,26H,1,7-12,23H2,2-5H3/p+1/t13-,14+,16-,18+,19+,20-,21+,22+/m1/s1. The summed E-state index contributed by atoms with van der Waals surface area (Å²) in [4.78, 5) is 25.4. The molecule has 0 spiro atoms. The molecule has 0 heterocycles. The maximum Gasteiger partial charge on any atom is 0.361 e. The minimum Gasteiger partial charge on any atom is -0.458 e.